The van der Waals surface area contributed by atoms with Gasteiger partial charge in [0, 0.05) is 19.7 Å². The first-order valence-corrected chi connectivity index (χ1v) is 13.3. The molecule has 0 N–H and O–H groups in total. The van der Waals surface area contributed by atoms with Gasteiger partial charge in [0.1, 0.15) is 35.8 Å². The van der Waals surface area contributed by atoms with Crippen molar-refractivity contribution in [3.63, 3.8) is 0 Å². The minimum absolute atomic E-state index is 0.0442. The first kappa shape index (κ1) is 27.1. The molecular weight excluding hydrogens is 458 g/mol. The molecule has 1 aromatic carbocycles. The predicted molar refractivity (Wildman–Crippen MR) is 139 cm³/mol. The molecule has 0 bridgehead atoms. The average Bonchev–Trinajstić information content (AvgIpc) is 3.75. The number of benzene rings is 1. The minimum Gasteiger partial charge on any atom is -0.492 e. The van der Waals surface area contributed by atoms with Gasteiger partial charge in [-0.2, -0.15) is 0 Å². The van der Waals surface area contributed by atoms with Crippen LogP contribution >= 0.6 is 0 Å². The van der Waals surface area contributed by atoms with Crippen molar-refractivity contribution in [2.75, 3.05) is 41.0 Å². The van der Waals surface area contributed by atoms with Crippen LogP contribution in [-0.2, 0) is 23.7 Å². The Morgan fingerprint density at radius 3 is 2.58 bits per heavy atom. The molecule has 7 heteroatoms. The number of hydrogen-bond donors (Lipinski definition) is 0. The van der Waals surface area contributed by atoms with Crippen LogP contribution in [0.4, 0.5) is 0 Å². The second-order valence-electron chi connectivity index (χ2n) is 11.4. The highest BCUT2D eigenvalue weighted by Gasteiger charge is 2.72. The fourth-order valence-corrected chi connectivity index (χ4v) is 5.65. The van der Waals surface area contributed by atoms with Crippen LogP contribution in [0.5, 0.6) is 5.75 Å². The summed E-state index contributed by atoms with van der Waals surface area (Å²) in [5.74, 6) is 1.13. The number of methoxy groups -OCH3 is 1. The highest BCUT2D eigenvalue weighted by molar-refractivity contribution is 5.87. The largest absolute Gasteiger partial charge is 0.492 e. The zero-order valence-electron chi connectivity index (χ0n) is 22.7. The lowest BCUT2D eigenvalue weighted by Gasteiger charge is -2.42. The van der Waals surface area contributed by atoms with Crippen molar-refractivity contribution in [2.24, 2.45) is 11.8 Å². The summed E-state index contributed by atoms with van der Waals surface area (Å²) < 4.78 is 29.9. The summed E-state index contributed by atoms with van der Waals surface area (Å²) in [5, 5.41) is 0. The lowest BCUT2D eigenvalue weighted by molar-refractivity contribution is -0.166. The summed E-state index contributed by atoms with van der Waals surface area (Å²) >= 11 is 0. The van der Waals surface area contributed by atoms with E-state index < -0.39 is 0 Å². The number of esters is 1. The maximum absolute atomic E-state index is 12.8. The molecule has 2 saturated heterocycles. The molecule has 0 aromatic heterocycles. The molecule has 3 aliphatic rings. The van der Waals surface area contributed by atoms with Gasteiger partial charge in [0.2, 0.25) is 0 Å². The molecule has 1 aliphatic carbocycles. The van der Waals surface area contributed by atoms with Crippen LogP contribution in [0.2, 0.25) is 0 Å². The van der Waals surface area contributed by atoms with E-state index in [9.17, 15) is 4.79 Å². The Labute approximate surface area is 216 Å². The first-order chi connectivity index (χ1) is 17.2. The minimum atomic E-state index is -0.363. The van der Waals surface area contributed by atoms with Crippen molar-refractivity contribution < 1.29 is 28.5 Å². The maximum Gasteiger partial charge on any atom is 0.331 e. The van der Waals surface area contributed by atoms with Crippen LogP contribution in [0.1, 0.15) is 52.0 Å². The third-order valence-electron chi connectivity index (χ3n) is 7.87. The number of nitrogens with zero attached hydrogens (tertiary/aromatic N) is 1. The quantitative estimate of drug-likeness (QED) is 0.240. The molecule has 0 amide bonds. The SMILES string of the molecule is CO[C@@H]1[C@H](OC(=O)C=Cc2ccc(OCCN(C)C)cc2)CCC2(CO2)[C@H]1[C@@]1(C)O[C@@H]1CCC(C)C. The second-order valence-corrected chi connectivity index (χ2v) is 11.4. The van der Waals surface area contributed by atoms with E-state index in [-0.39, 0.29) is 41.4 Å². The number of hydrogen-bond acceptors (Lipinski definition) is 7. The average molecular weight is 502 g/mol. The zero-order valence-corrected chi connectivity index (χ0v) is 22.7. The van der Waals surface area contributed by atoms with Crippen molar-refractivity contribution in [1.82, 2.24) is 4.90 Å². The van der Waals surface area contributed by atoms with Gasteiger partial charge in [0.25, 0.3) is 0 Å². The van der Waals surface area contributed by atoms with Crippen molar-refractivity contribution in [2.45, 2.75) is 76.0 Å². The Balaban J connectivity index is 1.34. The van der Waals surface area contributed by atoms with Gasteiger partial charge >= 0.3 is 5.97 Å². The molecule has 2 aliphatic heterocycles. The van der Waals surface area contributed by atoms with Crippen LogP contribution in [-0.4, -0.2) is 81.3 Å². The van der Waals surface area contributed by atoms with E-state index in [1.165, 1.54) is 6.08 Å². The van der Waals surface area contributed by atoms with Crippen molar-refractivity contribution in [3.05, 3.63) is 35.9 Å². The van der Waals surface area contributed by atoms with Crippen LogP contribution in [0.25, 0.3) is 6.08 Å². The van der Waals surface area contributed by atoms with E-state index in [1.807, 2.05) is 38.4 Å². The molecule has 2 heterocycles. The molecule has 6 atom stereocenters. The van der Waals surface area contributed by atoms with Crippen LogP contribution in [0, 0.1) is 11.8 Å². The summed E-state index contributed by atoms with van der Waals surface area (Å²) in [7, 11) is 5.73. The molecule has 1 unspecified atom stereocenters. The lowest BCUT2D eigenvalue weighted by atomic mass is 9.68. The summed E-state index contributed by atoms with van der Waals surface area (Å²) in [6, 6.07) is 7.68. The fourth-order valence-electron chi connectivity index (χ4n) is 5.65. The molecule has 1 spiro atoms. The van der Waals surface area contributed by atoms with Crippen molar-refractivity contribution in [1.29, 1.82) is 0 Å². The number of rotatable bonds is 12. The van der Waals surface area contributed by atoms with Gasteiger partial charge in [-0.25, -0.2) is 4.79 Å². The third-order valence-corrected chi connectivity index (χ3v) is 7.87. The number of ether oxygens (including phenoxy) is 5. The number of carbonyl (C=O) groups excluding carboxylic acids is 1. The molecule has 1 saturated carbocycles. The topological polar surface area (TPSA) is 73.1 Å². The Bertz CT molecular complexity index is 909. The zero-order chi connectivity index (χ0) is 25.9. The van der Waals surface area contributed by atoms with Crippen LogP contribution in [0.15, 0.2) is 30.3 Å². The van der Waals surface area contributed by atoms with E-state index in [1.54, 1.807) is 13.2 Å². The van der Waals surface area contributed by atoms with E-state index >= 15 is 0 Å². The van der Waals surface area contributed by atoms with Gasteiger partial charge in [-0.1, -0.05) is 26.0 Å². The van der Waals surface area contributed by atoms with Gasteiger partial charge in [0.15, 0.2) is 0 Å². The van der Waals surface area contributed by atoms with Gasteiger partial charge < -0.3 is 28.6 Å². The monoisotopic (exact) mass is 501 g/mol. The summed E-state index contributed by atoms with van der Waals surface area (Å²) in [5.41, 5.74) is 0.398. The Hall–Kier alpha value is -1.93. The second kappa shape index (κ2) is 11.2. The van der Waals surface area contributed by atoms with Crippen molar-refractivity contribution in [3.8, 4) is 5.75 Å². The van der Waals surface area contributed by atoms with Gasteiger partial charge in [0.05, 0.1) is 18.6 Å². The highest BCUT2D eigenvalue weighted by atomic mass is 16.6. The van der Waals surface area contributed by atoms with Gasteiger partial charge in [-0.3, -0.25) is 0 Å². The number of carbonyl (C=O) groups is 1. The number of epoxide rings is 2. The Morgan fingerprint density at radius 2 is 1.97 bits per heavy atom. The molecule has 200 valence electrons. The molecule has 0 radical (unpaired) electrons. The van der Waals surface area contributed by atoms with Crippen LogP contribution in [0.3, 0.4) is 0 Å². The third kappa shape index (κ3) is 6.31. The molecule has 36 heavy (non-hydrogen) atoms. The fraction of sp³-hybridized carbons (Fsp3) is 0.690. The summed E-state index contributed by atoms with van der Waals surface area (Å²) in [4.78, 5) is 14.8. The predicted octanol–water partition coefficient (Wildman–Crippen LogP) is 4.34. The molecule has 4 rings (SSSR count). The van der Waals surface area contributed by atoms with Gasteiger partial charge in [-0.05, 0) is 76.4 Å². The van der Waals surface area contributed by atoms with E-state index in [4.69, 9.17) is 23.7 Å². The number of likely N-dealkylation sites (N-methyl/N-ethyl adjacent to an activating group) is 1. The van der Waals surface area contributed by atoms with E-state index in [2.05, 4.69) is 25.7 Å². The lowest BCUT2D eigenvalue weighted by Crippen LogP contribution is -2.55. The Morgan fingerprint density at radius 1 is 1.25 bits per heavy atom. The van der Waals surface area contributed by atoms with E-state index in [0.717, 1.165) is 50.1 Å². The maximum atomic E-state index is 12.8. The summed E-state index contributed by atoms with van der Waals surface area (Å²) in [6.07, 6.45) is 6.61. The molecular formula is C29H43NO6. The molecule has 1 aromatic rings. The standard InChI is InChI=1S/C29H43NO6/c1-20(2)7-13-24-28(3,36-24)27-26(32-6)23(15-16-29(27)19-34-29)35-25(31)14-10-21-8-11-22(12-9-21)33-18-17-30(4)5/h8-12,14,20,23-24,26-27H,7,13,15-19H2,1-6H3/t23-,24-,26-,27-,28+,29?/m1/s1. The summed E-state index contributed by atoms with van der Waals surface area (Å²) in [6.45, 7) is 8.86. The van der Waals surface area contributed by atoms with Crippen molar-refractivity contribution >= 4 is 12.0 Å². The smallest absolute Gasteiger partial charge is 0.331 e. The molecule has 7 nitrogen and oxygen atoms in total. The van der Waals surface area contributed by atoms with Gasteiger partial charge in [-0.15, -0.1) is 0 Å². The first-order valence-electron chi connectivity index (χ1n) is 13.3. The van der Waals surface area contributed by atoms with E-state index in [0.29, 0.717) is 12.5 Å². The normalized spacial score (nSPS) is 33.4. The highest BCUT2D eigenvalue weighted by Crippen LogP contribution is 2.59. The molecule has 3 fully saturated rings. The Kier molecular flexibility index (Phi) is 8.45. The van der Waals surface area contributed by atoms with Crippen LogP contribution < -0.4 is 4.74 Å².